The Bertz CT molecular complexity index is 961. The lowest BCUT2D eigenvalue weighted by molar-refractivity contribution is -0.141. The predicted molar refractivity (Wildman–Crippen MR) is 140 cm³/mol. The van der Waals surface area contributed by atoms with Gasteiger partial charge in [0.25, 0.3) is 0 Å². The lowest BCUT2D eigenvalue weighted by Gasteiger charge is -2.46. The maximum atomic E-state index is 13.4. The highest BCUT2D eigenvalue weighted by atomic mass is 16.2. The lowest BCUT2D eigenvalue weighted by Crippen LogP contribution is -2.63. The Morgan fingerprint density at radius 3 is 2.50 bits per heavy atom. The van der Waals surface area contributed by atoms with Crippen molar-refractivity contribution in [2.75, 3.05) is 25.0 Å². The van der Waals surface area contributed by atoms with E-state index in [0.717, 1.165) is 43.2 Å². The van der Waals surface area contributed by atoms with Gasteiger partial charge in [0.2, 0.25) is 17.7 Å². The topological polar surface area (TPSA) is 98.8 Å². The van der Waals surface area contributed by atoms with Crippen molar-refractivity contribution >= 4 is 29.4 Å². The van der Waals surface area contributed by atoms with Crippen LogP contribution in [-0.2, 0) is 14.4 Å². The van der Waals surface area contributed by atoms with Gasteiger partial charge in [-0.2, -0.15) is 0 Å². The normalized spacial score (nSPS) is 19.9. The van der Waals surface area contributed by atoms with E-state index < -0.39 is 0 Å². The van der Waals surface area contributed by atoms with Gasteiger partial charge >= 0.3 is 6.03 Å². The summed E-state index contributed by atoms with van der Waals surface area (Å²) in [6, 6.07) is 5.12. The molecule has 1 saturated heterocycles. The van der Waals surface area contributed by atoms with E-state index in [9.17, 15) is 19.2 Å². The molecule has 1 heterocycles. The van der Waals surface area contributed by atoms with Crippen LogP contribution in [0.3, 0.4) is 0 Å². The number of urea groups is 1. The van der Waals surface area contributed by atoms with Crippen molar-refractivity contribution in [3.05, 3.63) is 29.3 Å². The van der Waals surface area contributed by atoms with Crippen molar-refractivity contribution in [2.24, 2.45) is 11.8 Å². The standard InChI is InChI=1S/C28H42N4O4/c1-19(2)14-15-29-25(33)11-7-8-16-31-27(35)23-9-5-6-10-24(23)32(28(31)36)18-26(34)30-22-13-12-20(3)21(4)17-22/h12-13,17,19,23-24H,5-11,14-16,18H2,1-4H3,(H,29,33)(H,30,34). The molecule has 1 saturated carbocycles. The van der Waals surface area contributed by atoms with Crippen molar-refractivity contribution in [3.8, 4) is 0 Å². The number of aryl methyl sites for hydroxylation is 2. The number of hydrogen-bond donors (Lipinski definition) is 2. The minimum atomic E-state index is -0.389. The van der Waals surface area contributed by atoms with E-state index >= 15 is 0 Å². The van der Waals surface area contributed by atoms with E-state index in [0.29, 0.717) is 37.4 Å². The quantitative estimate of drug-likeness (QED) is 0.442. The SMILES string of the molecule is Cc1ccc(NC(=O)CN2C(=O)N(CCCCC(=O)NCCC(C)C)C(=O)C3CCCCC32)cc1C. The Balaban J connectivity index is 1.58. The number of amides is 5. The fourth-order valence-corrected chi connectivity index (χ4v) is 5.07. The first-order valence-corrected chi connectivity index (χ1v) is 13.4. The predicted octanol–water partition coefficient (Wildman–Crippen LogP) is 4.40. The molecule has 2 atom stereocenters. The van der Waals surface area contributed by atoms with Gasteiger partial charge in [-0.1, -0.05) is 32.8 Å². The molecule has 2 fully saturated rings. The molecule has 3 rings (SSSR count). The van der Waals surface area contributed by atoms with E-state index in [1.807, 2.05) is 32.0 Å². The maximum absolute atomic E-state index is 13.4. The molecule has 5 amide bonds. The number of unbranched alkanes of at least 4 members (excludes halogenated alkanes) is 1. The molecule has 8 heteroatoms. The summed E-state index contributed by atoms with van der Waals surface area (Å²) < 4.78 is 0. The summed E-state index contributed by atoms with van der Waals surface area (Å²) in [7, 11) is 0. The highest BCUT2D eigenvalue weighted by molar-refractivity contribution is 6.01. The summed E-state index contributed by atoms with van der Waals surface area (Å²) in [6.07, 6.45) is 5.86. The largest absolute Gasteiger partial charge is 0.356 e. The van der Waals surface area contributed by atoms with Crippen molar-refractivity contribution in [1.82, 2.24) is 15.1 Å². The maximum Gasteiger partial charge on any atom is 0.327 e. The number of anilines is 1. The molecule has 1 aliphatic carbocycles. The van der Waals surface area contributed by atoms with Crippen LogP contribution < -0.4 is 10.6 Å². The van der Waals surface area contributed by atoms with Crippen molar-refractivity contribution in [1.29, 1.82) is 0 Å². The summed E-state index contributed by atoms with van der Waals surface area (Å²) in [6.45, 7) is 9.11. The van der Waals surface area contributed by atoms with Crippen LogP contribution in [0.5, 0.6) is 0 Å². The van der Waals surface area contributed by atoms with Crippen LogP contribution in [0, 0.1) is 25.7 Å². The molecule has 8 nitrogen and oxygen atoms in total. The number of carbonyl (C=O) groups excluding carboxylic acids is 4. The smallest absolute Gasteiger partial charge is 0.327 e. The number of nitrogens with zero attached hydrogens (tertiary/aromatic N) is 2. The molecule has 0 radical (unpaired) electrons. The fraction of sp³-hybridized carbons (Fsp3) is 0.643. The molecule has 2 aliphatic rings. The first kappa shape index (κ1) is 27.7. The van der Waals surface area contributed by atoms with Crippen molar-refractivity contribution in [3.63, 3.8) is 0 Å². The van der Waals surface area contributed by atoms with Crippen molar-refractivity contribution in [2.45, 2.75) is 85.1 Å². The van der Waals surface area contributed by atoms with E-state index in [-0.39, 0.29) is 48.8 Å². The third kappa shape index (κ3) is 7.31. The average molecular weight is 499 g/mol. The van der Waals surface area contributed by atoms with Crippen LogP contribution in [0.2, 0.25) is 0 Å². The van der Waals surface area contributed by atoms with Gasteiger partial charge in [-0.05, 0) is 75.1 Å². The second-order valence-corrected chi connectivity index (χ2v) is 10.7. The fourth-order valence-electron chi connectivity index (χ4n) is 5.07. The Morgan fingerprint density at radius 1 is 1.03 bits per heavy atom. The van der Waals surface area contributed by atoms with E-state index in [1.54, 1.807) is 4.90 Å². The minimum Gasteiger partial charge on any atom is -0.356 e. The molecule has 2 unspecified atom stereocenters. The first-order chi connectivity index (χ1) is 17.2. The van der Waals surface area contributed by atoms with E-state index in [2.05, 4.69) is 24.5 Å². The molecule has 36 heavy (non-hydrogen) atoms. The monoisotopic (exact) mass is 498 g/mol. The van der Waals surface area contributed by atoms with Gasteiger partial charge in [0.1, 0.15) is 6.54 Å². The Hall–Kier alpha value is -2.90. The van der Waals surface area contributed by atoms with Gasteiger partial charge in [0, 0.05) is 31.2 Å². The summed E-state index contributed by atoms with van der Waals surface area (Å²) in [5, 5.41) is 5.83. The molecule has 1 aromatic rings. The van der Waals surface area contributed by atoms with E-state index in [1.165, 1.54) is 4.90 Å². The zero-order chi connectivity index (χ0) is 26.2. The number of hydrogen-bond acceptors (Lipinski definition) is 4. The first-order valence-electron chi connectivity index (χ1n) is 13.4. The molecule has 0 bridgehead atoms. The number of carbonyl (C=O) groups is 4. The zero-order valence-electron chi connectivity index (χ0n) is 22.3. The Labute approximate surface area is 215 Å². The van der Waals surface area contributed by atoms with Gasteiger partial charge in [-0.15, -0.1) is 0 Å². The molecule has 1 aliphatic heterocycles. The molecule has 1 aromatic carbocycles. The van der Waals surface area contributed by atoms with E-state index in [4.69, 9.17) is 0 Å². The van der Waals surface area contributed by atoms with Gasteiger partial charge < -0.3 is 15.5 Å². The van der Waals surface area contributed by atoms with Gasteiger partial charge in [-0.3, -0.25) is 19.3 Å². The number of fused-ring (bicyclic) bond motifs is 1. The number of rotatable bonds is 11. The molecule has 0 aromatic heterocycles. The number of nitrogens with one attached hydrogen (secondary N) is 2. The third-order valence-electron chi connectivity index (χ3n) is 7.37. The summed E-state index contributed by atoms with van der Waals surface area (Å²) in [5.74, 6) is -0.106. The van der Waals surface area contributed by atoms with Crippen LogP contribution in [-0.4, -0.2) is 59.2 Å². The Kier molecular flexibility index (Phi) is 9.90. The highest BCUT2D eigenvalue weighted by Crippen LogP contribution is 2.34. The van der Waals surface area contributed by atoms with Gasteiger partial charge in [0.15, 0.2) is 0 Å². The van der Waals surface area contributed by atoms with Crippen LogP contribution in [0.15, 0.2) is 18.2 Å². The second-order valence-electron chi connectivity index (χ2n) is 10.7. The molecule has 0 spiro atoms. The van der Waals surface area contributed by atoms with Crippen LogP contribution in [0.4, 0.5) is 10.5 Å². The summed E-state index contributed by atoms with van der Waals surface area (Å²) in [4.78, 5) is 54.4. The molecular weight excluding hydrogens is 456 g/mol. The van der Waals surface area contributed by atoms with Gasteiger partial charge in [-0.25, -0.2) is 4.79 Å². The van der Waals surface area contributed by atoms with Crippen LogP contribution in [0.25, 0.3) is 0 Å². The number of imide groups is 1. The lowest BCUT2D eigenvalue weighted by atomic mass is 9.81. The number of benzene rings is 1. The van der Waals surface area contributed by atoms with Crippen LogP contribution in [0.1, 0.15) is 76.3 Å². The van der Waals surface area contributed by atoms with Gasteiger partial charge in [0.05, 0.1) is 5.92 Å². The summed E-state index contributed by atoms with van der Waals surface area (Å²) in [5.41, 5.74) is 2.93. The average Bonchev–Trinajstić information content (AvgIpc) is 2.83. The highest BCUT2D eigenvalue weighted by Gasteiger charge is 2.47. The molecule has 2 N–H and O–H groups in total. The molecular formula is C28H42N4O4. The third-order valence-corrected chi connectivity index (χ3v) is 7.37. The molecule has 198 valence electrons. The zero-order valence-corrected chi connectivity index (χ0v) is 22.3. The van der Waals surface area contributed by atoms with Crippen molar-refractivity contribution < 1.29 is 19.2 Å². The Morgan fingerprint density at radius 2 is 1.78 bits per heavy atom. The minimum absolute atomic E-state index is 0.00364. The van der Waals surface area contributed by atoms with Crippen LogP contribution >= 0.6 is 0 Å². The summed E-state index contributed by atoms with van der Waals surface area (Å²) >= 11 is 0. The second kappa shape index (κ2) is 12.9.